The number of ketones is 1. The van der Waals surface area contributed by atoms with Gasteiger partial charge in [-0.2, -0.15) is 4.31 Å². The Morgan fingerprint density at radius 1 is 1.35 bits per heavy atom. The van der Waals surface area contributed by atoms with Gasteiger partial charge in [-0.1, -0.05) is 0 Å². The largest absolute Gasteiger partial charge is 0.294 e. The van der Waals surface area contributed by atoms with E-state index in [2.05, 4.69) is 0 Å². The van der Waals surface area contributed by atoms with E-state index in [-0.39, 0.29) is 24.0 Å². The fourth-order valence-corrected chi connectivity index (χ4v) is 3.89. The Labute approximate surface area is 118 Å². The quantitative estimate of drug-likeness (QED) is 0.783. The van der Waals surface area contributed by atoms with Crippen LogP contribution in [0.15, 0.2) is 24.3 Å². The Hall–Kier alpha value is -1.27. The topological polar surface area (TPSA) is 54.5 Å². The van der Waals surface area contributed by atoms with Crippen molar-refractivity contribution < 1.29 is 17.6 Å². The zero-order valence-electron chi connectivity index (χ0n) is 11.4. The van der Waals surface area contributed by atoms with Gasteiger partial charge in [0.05, 0.1) is 5.75 Å². The molecule has 1 heterocycles. The van der Waals surface area contributed by atoms with Crippen LogP contribution in [0.25, 0.3) is 0 Å². The summed E-state index contributed by atoms with van der Waals surface area (Å²) in [5.41, 5.74) is 0.423. The average molecular weight is 299 g/mol. The van der Waals surface area contributed by atoms with Crippen molar-refractivity contribution in [1.29, 1.82) is 0 Å². The second-order valence-electron chi connectivity index (χ2n) is 4.94. The van der Waals surface area contributed by atoms with E-state index in [4.69, 9.17) is 0 Å². The summed E-state index contributed by atoms with van der Waals surface area (Å²) >= 11 is 0. The van der Waals surface area contributed by atoms with Crippen molar-refractivity contribution in [1.82, 2.24) is 4.31 Å². The molecule has 20 heavy (non-hydrogen) atoms. The maximum absolute atomic E-state index is 12.8. The van der Waals surface area contributed by atoms with Crippen LogP contribution in [-0.4, -0.2) is 36.8 Å². The first-order valence-corrected chi connectivity index (χ1v) is 8.33. The SMILES string of the molecule is CCS(=O)(=O)N1CCC[C@H]1CC(=O)c1ccc(F)cc1. The molecule has 0 aliphatic carbocycles. The summed E-state index contributed by atoms with van der Waals surface area (Å²) < 4.78 is 38.1. The van der Waals surface area contributed by atoms with E-state index in [1.807, 2.05) is 0 Å². The van der Waals surface area contributed by atoms with Crippen molar-refractivity contribution in [3.05, 3.63) is 35.6 Å². The zero-order valence-corrected chi connectivity index (χ0v) is 12.2. The van der Waals surface area contributed by atoms with Crippen LogP contribution >= 0.6 is 0 Å². The summed E-state index contributed by atoms with van der Waals surface area (Å²) in [5, 5.41) is 0. The third-order valence-corrected chi connectivity index (χ3v) is 5.56. The molecule has 0 amide bonds. The highest BCUT2D eigenvalue weighted by Gasteiger charge is 2.34. The predicted octanol–water partition coefficient (Wildman–Crippen LogP) is 2.21. The fourth-order valence-electron chi connectivity index (χ4n) is 2.51. The Balaban J connectivity index is 2.09. The molecule has 0 spiro atoms. The molecule has 1 atom stereocenters. The van der Waals surface area contributed by atoms with Gasteiger partial charge >= 0.3 is 0 Å². The summed E-state index contributed by atoms with van der Waals surface area (Å²) in [6, 6.07) is 5.08. The van der Waals surface area contributed by atoms with Crippen molar-refractivity contribution in [2.45, 2.75) is 32.2 Å². The van der Waals surface area contributed by atoms with Crippen LogP contribution in [0.2, 0.25) is 0 Å². The minimum absolute atomic E-state index is 0.0498. The van der Waals surface area contributed by atoms with Gasteiger partial charge in [0.15, 0.2) is 5.78 Å². The van der Waals surface area contributed by atoms with Gasteiger partial charge in [0.2, 0.25) is 10.0 Å². The lowest BCUT2D eigenvalue weighted by Gasteiger charge is -2.22. The highest BCUT2D eigenvalue weighted by atomic mass is 32.2. The number of hydrogen-bond acceptors (Lipinski definition) is 3. The Kier molecular flexibility index (Phi) is 4.55. The van der Waals surface area contributed by atoms with Crippen LogP contribution in [0, 0.1) is 5.82 Å². The van der Waals surface area contributed by atoms with Crippen molar-refractivity contribution >= 4 is 15.8 Å². The summed E-state index contributed by atoms with van der Waals surface area (Å²) in [6.07, 6.45) is 1.64. The minimum atomic E-state index is -3.26. The Morgan fingerprint density at radius 3 is 2.60 bits per heavy atom. The van der Waals surface area contributed by atoms with Gasteiger partial charge in [0.25, 0.3) is 0 Å². The van der Waals surface area contributed by atoms with Crippen LogP contribution in [0.1, 0.15) is 36.5 Å². The van der Waals surface area contributed by atoms with Gasteiger partial charge in [-0.3, -0.25) is 4.79 Å². The van der Waals surface area contributed by atoms with Gasteiger partial charge in [-0.05, 0) is 44.0 Å². The lowest BCUT2D eigenvalue weighted by atomic mass is 10.0. The molecule has 0 saturated carbocycles. The third kappa shape index (κ3) is 3.24. The van der Waals surface area contributed by atoms with Crippen molar-refractivity contribution in [2.24, 2.45) is 0 Å². The summed E-state index contributed by atoms with van der Waals surface area (Å²) in [4.78, 5) is 12.1. The van der Waals surface area contributed by atoms with E-state index in [1.54, 1.807) is 6.92 Å². The number of benzene rings is 1. The number of sulfonamides is 1. The molecule has 0 radical (unpaired) electrons. The summed E-state index contributed by atoms with van der Waals surface area (Å²) in [7, 11) is -3.26. The number of carbonyl (C=O) groups excluding carboxylic acids is 1. The molecule has 0 N–H and O–H groups in total. The van der Waals surface area contributed by atoms with E-state index >= 15 is 0 Å². The van der Waals surface area contributed by atoms with Crippen molar-refractivity contribution in [3.63, 3.8) is 0 Å². The lowest BCUT2D eigenvalue weighted by Crippen LogP contribution is -2.37. The first-order chi connectivity index (χ1) is 9.44. The zero-order chi connectivity index (χ0) is 14.8. The number of Topliss-reactive ketones (excluding diaryl/α,β-unsaturated/α-hetero) is 1. The second-order valence-corrected chi connectivity index (χ2v) is 7.15. The first kappa shape index (κ1) is 15.1. The highest BCUT2D eigenvalue weighted by Crippen LogP contribution is 2.25. The van der Waals surface area contributed by atoms with E-state index in [0.29, 0.717) is 18.5 Å². The molecule has 1 aliphatic rings. The molecule has 0 bridgehead atoms. The van der Waals surface area contributed by atoms with Crippen molar-refractivity contribution in [3.8, 4) is 0 Å². The number of nitrogens with zero attached hydrogens (tertiary/aromatic N) is 1. The molecule has 1 fully saturated rings. The number of carbonyl (C=O) groups is 1. The summed E-state index contributed by atoms with van der Waals surface area (Å²) in [6.45, 7) is 2.09. The molecule has 4 nitrogen and oxygen atoms in total. The summed E-state index contributed by atoms with van der Waals surface area (Å²) in [5.74, 6) is -0.486. The monoisotopic (exact) mass is 299 g/mol. The van der Waals surface area contributed by atoms with Gasteiger partial charge in [-0.25, -0.2) is 12.8 Å². The molecule has 110 valence electrons. The van der Waals surface area contributed by atoms with Crippen LogP contribution in [-0.2, 0) is 10.0 Å². The van der Waals surface area contributed by atoms with Gasteiger partial charge in [0.1, 0.15) is 5.82 Å². The van der Waals surface area contributed by atoms with Crippen LogP contribution in [0.4, 0.5) is 4.39 Å². The molecular weight excluding hydrogens is 281 g/mol. The molecule has 1 aromatic carbocycles. The third-order valence-electron chi connectivity index (χ3n) is 3.63. The second kappa shape index (κ2) is 6.01. The normalized spacial score (nSPS) is 20.2. The lowest BCUT2D eigenvalue weighted by molar-refractivity contribution is 0.0961. The van der Waals surface area contributed by atoms with E-state index in [1.165, 1.54) is 28.6 Å². The molecule has 2 rings (SSSR count). The molecule has 0 unspecified atom stereocenters. The molecule has 0 aromatic heterocycles. The van der Waals surface area contributed by atoms with Gasteiger partial charge < -0.3 is 0 Å². The van der Waals surface area contributed by atoms with Crippen LogP contribution < -0.4 is 0 Å². The van der Waals surface area contributed by atoms with E-state index < -0.39 is 15.8 Å². The van der Waals surface area contributed by atoms with Crippen LogP contribution in [0.5, 0.6) is 0 Å². The minimum Gasteiger partial charge on any atom is -0.294 e. The van der Waals surface area contributed by atoms with E-state index in [0.717, 1.165) is 6.42 Å². The Bertz CT molecular complexity index is 583. The smallest absolute Gasteiger partial charge is 0.214 e. The molecule has 1 aromatic rings. The first-order valence-electron chi connectivity index (χ1n) is 6.72. The predicted molar refractivity (Wildman–Crippen MR) is 74.5 cm³/mol. The van der Waals surface area contributed by atoms with Crippen molar-refractivity contribution in [2.75, 3.05) is 12.3 Å². The Morgan fingerprint density at radius 2 is 2.00 bits per heavy atom. The molecule has 1 saturated heterocycles. The molecule has 6 heteroatoms. The van der Waals surface area contributed by atoms with E-state index in [9.17, 15) is 17.6 Å². The maximum atomic E-state index is 12.8. The van der Waals surface area contributed by atoms with Crippen LogP contribution in [0.3, 0.4) is 0 Å². The van der Waals surface area contributed by atoms with Gasteiger partial charge in [0, 0.05) is 24.6 Å². The number of rotatable bonds is 5. The number of hydrogen-bond donors (Lipinski definition) is 0. The fraction of sp³-hybridized carbons (Fsp3) is 0.500. The number of halogens is 1. The standard InChI is InChI=1S/C14H18FNO3S/c1-2-20(18,19)16-9-3-4-13(16)10-14(17)11-5-7-12(15)8-6-11/h5-8,13H,2-4,9-10H2,1H3/t13-/m0/s1. The average Bonchev–Trinajstić information content (AvgIpc) is 2.88. The molecule has 1 aliphatic heterocycles. The molecular formula is C14H18FNO3S. The maximum Gasteiger partial charge on any atom is 0.214 e. The highest BCUT2D eigenvalue weighted by molar-refractivity contribution is 7.89. The van der Waals surface area contributed by atoms with Gasteiger partial charge in [-0.15, -0.1) is 0 Å².